The SMILES string of the molecule is Cc1c(OCC2CCOCC2)ccc([C@H](C)N2C[C@@H]3C[C@H]2CN3C(=O)c2ccc(C(F)(F)F)nc2)c1C. The molecule has 1 aromatic heterocycles. The minimum atomic E-state index is -4.52. The fourth-order valence-electron chi connectivity index (χ4n) is 6.00. The quantitative estimate of drug-likeness (QED) is 0.529. The summed E-state index contributed by atoms with van der Waals surface area (Å²) in [5, 5.41) is 0. The zero-order chi connectivity index (χ0) is 26.3. The van der Waals surface area contributed by atoms with Gasteiger partial charge in [0.25, 0.3) is 5.91 Å². The second kappa shape index (κ2) is 10.3. The second-order valence-electron chi connectivity index (χ2n) is 10.6. The monoisotopic (exact) mass is 517 g/mol. The van der Waals surface area contributed by atoms with E-state index < -0.39 is 11.9 Å². The third-order valence-electron chi connectivity index (χ3n) is 8.39. The molecule has 0 unspecified atom stereocenters. The molecular formula is C28H34F3N3O3. The van der Waals surface area contributed by atoms with Crippen molar-refractivity contribution in [2.75, 3.05) is 32.9 Å². The number of aromatic nitrogens is 1. The Morgan fingerprint density at radius 1 is 1.11 bits per heavy atom. The second-order valence-corrected chi connectivity index (χ2v) is 10.6. The minimum Gasteiger partial charge on any atom is -0.493 e. The number of alkyl halides is 3. The lowest BCUT2D eigenvalue weighted by atomic mass is 9.96. The van der Waals surface area contributed by atoms with E-state index in [1.807, 2.05) is 0 Å². The maximum absolute atomic E-state index is 13.0. The molecule has 0 radical (unpaired) electrons. The average molecular weight is 518 g/mol. The highest BCUT2D eigenvalue weighted by atomic mass is 19.4. The van der Waals surface area contributed by atoms with Gasteiger partial charge in [0.05, 0.1) is 12.2 Å². The molecule has 0 aliphatic carbocycles. The number of ether oxygens (including phenoxy) is 2. The largest absolute Gasteiger partial charge is 0.493 e. The van der Waals surface area contributed by atoms with Crippen molar-refractivity contribution in [3.05, 3.63) is 58.4 Å². The van der Waals surface area contributed by atoms with E-state index in [-0.39, 0.29) is 29.6 Å². The van der Waals surface area contributed by atoms with E-state index in [2.05, 4.69) is 42.8 Å². The van der Waals surface area contributed by atoms with E-state index >= 15 is 0 Å². The number of hydrogen-bond donors (Lipinski definition) is 0. The molecule has 0 spiro atoms. The van der Waals surface area contributed by atoms with Crippen molar-refractivity contribution in [3.63, 3.8) is 0 Å². The summed E-state index contributed by atoms with van der Waals surface area (Å²) >= 11 is 0. The van der Waals surface area contributed by atoms with Gasteiger partial charge in [-0.05, 0) is 80.8 Å². The van der Waals surface area contributed by atoms with Crippen LogP contribution in [-0.2, 0) is 10.9 Å². The van der Waals surface area contributed by atoms with E-state index in [1.54, 1.807) is 4.90 Å². The van der Waals surface area contributed by atoms with Crippen molar-refractivity contribution in [2.45, 2.75) is 64.3 Å². The molecule has 3 saturated heterocycles. The molecule has 1 amide bonds. The third-order valence-corrected chi connectivity index (χ3v) is 8.39. The number of piperazine rings is 1. The van der Waals surface area contributed by atoms with Crippen LogP contribution in [-0.4, -0.2) is 65.7 Å². The standard InChI is InChI=1S/C28H34F3N3O3/c1-17-18(2)25(37-16-20-8-10-36-11-9-20)6-5-24(17)19(3)33-14-23-12-22(33)15-34(23)27(35)21-4-7-26(32-13-21)28(29,30)31/h4-7,13,19-20,22-23H,8-12,14-16H2,1-3H3/t19-,22-,23-/m0/s1. The fourth-order valence-corrected chi connectivity index (χ4v) is 6.00. The molecule has 4 heterocycles. The van der Waals surface area contributed by atoms with Crippen LogP contribution in [0.1, 0.15) is 65.0 Å². The number of hydrogen-bond acceptors (Lipinski definition) is 5. The van der Waals surface area contributed by atoms with Gasteiger partial charge < -0.3 is 14.4 Å². The molecule has 6 nitrogen and oxygen atoms in total. The number of nitrogens with zero attached hydrogens (tertiary/aromatic N) is 3. The van der Waals surface area contributed by atoms with Crippen LogP contribution in [0.4, 0.5) is 13.2 Å². The molecular weight excluding hydrogens is 483 g/mol. The zero-order valence-electron chi connectivity index (χ0n) is 21.6. The van der Waals surface area contributed by atoms with Crippen LogP contribution in [0.2, 0.25) is 0 Å². The van der Waals surface area contributed by atoms with Gasteiger partial charge in [-0.2, -0.15) is 13.2 Å². The van der Waals surface area contributed by atoms with Crippen LogP contribution in [0.5, 0.6) is 5.75 Å². The predicted molar refractivity (Wildman–Crippen MR) is 133 cm³/mol. The van der Waals surface area contributed by atoms with Crippen LogP contribution in [0, 0.1) is 19.8 Å². The Kier molecular flexibility index (Phi) is 7.20. The van der Waals surface area contributed by atoms with Gasteiger partial charge in [-0.15, -0.1) is 0 Å². The summed E-state index contributed by atoms with van der Waals surface area (Å²) in [5.74, 6) is 1.22. The number of carbonyl (C=O) groups is 1. The van der Waals surface area contributed by atoms with E-state index in [0.29, 0.717) is 19.1 Å². The van der Waals surface area contributed by atoms with Gasteiger partial charge in [-0.3, -0.25) is 14.7 Å². The number of amides is 1. The van der Waals surface area contributed by atoms with Gasteiger partial charge in [0, 0.05) is 50.6 Å². The fraction of sp³-hybridized carbons (Fsp3) is 0.571. The van der Waals surface area contributed by atoms with Crippen molar-refractivity contribution in [1.29, 1.82) is 0 Å². The van der Waals surface area contributed by atoms with Gasteiger partial charge in [0.2, 0.25) is 0 Å². The molecule has 3 atom stereocenters. The first-order valence-electron chi connectivity index (χ1n) is 13.0. The Morgan fingerprint density at radius 2 is 1.86 bits per heavy atom. The van der Waals surface area contributed by atoms with Crippen molar-refractivity contribution in [2.24, 2.45) is 5.92 Å². The average Bonchev–Trinajstić information content (AvgIpc) is 3.50. The molecule has 3 fully saturated rings. The highest BCUT2D eigenvalue weighted by Gasteiger charge is 2.47. The Labute approximate surface area is 215 Å². The Morgan fingerprint density at radius 3 is 2.49 bits per heavy atom. The number of benzene rings is 1. The summed E-state index contributed by atoms with van der Waals surface area (Å²) in [6, 6.07) is 6.79. The van der Waals surface area contributed by atoms with E-state index in [0.717, 1.165) is 62.6 Å². The lowest BCUT2D eigenvalue weighted by Crippen LogP contribution is -2.49. The molecule has 2 aromatic rings. The van der Waals surface area contributed by atoms with Crippen molar-refractivity contribution < 1.29 is 27.4 Å². The first-order chi connectivity index (χ1) is 17.6. The number of rotatable bonds is 6. The van der Waals surface area contributed by atoms with Crippen molar-refractivity contribution in [3.8, 4) is 5.75 Å². The number of carbonyl (C=O) groups excluding carboxylic acids is 1. The van der Waals surface area contributed by atoms with Gasteiger partial charge >= 0.3 is 6.18 Å². The molecule has 0 N–H and O–H groups in total. The van der Waals surface area contributed by atoms with E-state index in [9.17, 15) is 18.0 Å². The third kappa shape index (κ3) is 5.21. The molecule has 0 saturated carbocycles. The number of fused-ring (bicyclic) bond motifs is 2. The molecule has 200 valence electrons. The molecule has 9 heteroatoms. The van der Waals surface area contributed by atoms with Crippen LogP contribution >= 0.6 is 0 Å². The van der Waals surface area contributed by atoms with Gasteiger partial charge in [-0.25, -0.2) is 0 Å². The molecule has 2 bridgehead atoms. The van der Waals surface area contributed by atoms with Crippen LogP contribution < -0.4 is 4.74 Å². The molecule has 3 aliphatic heterocycles. The first-order valence-corrected chi connectivity index (χ1v) is 13.0. The summed E-state index contributed by atoms with van der Waals surface area (Å²) in [6.07, 6.45) is -0.528. The smallest absolute Gasteiger partial charge is 0.433 e. The van der Waals surface area contributed by atoms with Crippen LogP contribution in [0.15, 0.2) is 30.5 Å². The molecule has 3 aliphatic rings. The van der Waals surface area contributed by atoms with Crippen LogP contribution in [0.3, 0.4) is 0 Å². The van der Waals surface area contributed by atoms with E-state index in [4.69, 9.17) is 9.47 Å². The first kappa shape index (κ1) is 26.0. The zero-order valence-corrected chi connectivity index (χ0v) is 21.6. The lowest BCUT2D eigenvalue weighted by molar-refractivity contribution is -0.141. The molecule has 5 rings (SSSR count). The summed E-state index contributed by atoms with van der Waals surface area (Å²) < 4.78 is 50.1. The normalized spacial score (nSPS) is 23.5. The Balaban J connectivity index is 1.22. The van der Waals surface area contributed by atoms with Gasteiger partial charge in [0.1, 0.15) is 11.4 Å². The topological polar surface area (TPSA) is 54.9 Å². The number of halogens is 3. The highest BCUT2D eigenvalue weighted by molar-refractivity contribution is 5.94. The number of likely N-dealkylation sites (tertiary alicyclic amines) is 2. The van der Waals surface area contributed by atoms with E-state index in [1.165, 1.54) is 17.2 Å². The van der Waals surface area contributed by atoms with Crippen LogP contribution in [0.25, 0.3) is 0 Å². The van der Waals surface area contributed by atoms with Crippen molar-refractivity contribution >= 4 is 5.91 Å². The minimum absolute atomic E-state index is 0.0470. The lowest BCUT2D eigenvalue weighted by Gasteiger charge is -2.38. The van der Waals surface area contributed by atoms with Gasteiger partial charge in [0.15, 0.2) is 0 Å². The summed E-state index contributed by atoms with van der Waals surface area (Å²) in [7, 11) is 0. The predicted octanol–water partition coefficient (Wildman–Crippen LogP) is 5.18. The van der Waals surface area contributed by atoms with Gasteiger partial charge in [-0.1, -0.05) is 6.07 Å². The highest BCUT2D eigenvalue weighted by Crippen LogP contribution is 2.40. The summed E-state index contributed by atoms with van der Waals surface area (Å²) in [5.41, 5.74) is 2.85. The maximum atomic E-state index is 13.0. The molecule has 1 aromatic carbocycles. The maximum Gasteiger partial charge on any atom is 0.433 e. The summed E-state index contributed by atoms with van der Waals surface area (Å²) in [6.45, 7) is 10.1. The number of pyridine rings is 1. The summed E-state index contributed by atoms with van der Waals surface area (Å²) in [4.78, 5) is 20.7. The Hall–Kier alpha value is -2.65. The van der Waals surface area contributed by atoms with Crippen molar-refractivity contribution in [1.82, 2.24) is 14.8 Å². The Bertz CT molecular complexity index is 1130. The molecule has 37 heavy (non-hydrogen) atoms.